The van der Waals surface area contributed by atoms with Crippen molar-refractivity contribution in [3.05, 3.63) is 11.8 Å². The summed E-state index contributed by atoms with van der Waals surface area (Å²) < 4.78 is 10.7. The number of amides is 1. The lowest BCUT2D eigenvalue weighted by Crippen LogP contribution is -2.58. The molecule has 0 aromatic carbocycles. The quantitative estimate of drug-likeness (QED) is 0.817. The highest BCUT2D eigenvalue weighted by atomic mass is 16.5. The number of aromatic nitrogens is 2. The molecule has 1 aliphatic rings. The van der Waals surface area contributed by atoms with Crippen LogP contribution in [-0.2, 0) is 16.1 Å². The second-order valence-electron chi connectivity index (χ2n) is 5.08. The second kappa shape index (κ2) is 5.66. The number of carbonyl (C=O) groups excluding carboxylic acids is 1. The Hall–Kier alpha value is -1.47. The fourth-order valence-electron chi connectivity index (χ4n) is 1.78. The van der Waals surface area contributed by atoms with Crippen molar-refractivity contribution in [3.63, 3.8) is 0 Å². The van der Waals surface area contributed by atoms with Crippen molar-refractivity contribution in [1.82, 2.24) is 15.1 Å². The fraction of sp³-hybridized carbons (Fsp3) is 0.750. The maximum Gasteiger partial charge on any atom is 0.251 e. The zero-order valence-electron chi connectivity index (χ0n) is 11.4. The SMILES string of the molecule is Cc1nnc(COC2CN(C(=O)[C@@H](O)C(C)C)C2)o1. The largest absolute Gasteiger partial charge is 0.423 e. The molecule has 1 amide bonds. The normalized spacial score (nSPS) is 17.6. The first-order valence-corrected chi connectivity index (χ1v) is 6.34. The van der Waals surface area contributed by atoms with E-state index in [1.165, 1.54) is 0 Å². The van der Waals surface area contributed by atoms with Crippen LogP contribution in [-0.4, -0.2) is 51.4 Å². The Morgan fingerprint density at radius 1 is 1.53 bits per heavy atom. The van der Waals surface area contributed by atoms with Crippen LogP contribution in [0.3, 0.4) is 0 Å². The first-order chi connectivity index (χ1) is 8.97. The van der Waals surface area contributed by atoms with E-state index >= 15 is 0 Å². The molecule has 0 saturated carbocycles. The molecule has 1 atom stereocenters. The van der Waals surface area contributed by atoms with E-state index in [4.69, 9.17) is 9.15 Å². The van der Waals surface area contributed by atoms with Crippen molar-refractivity contribution in [2.75, 3.05) is 13.1 Å². The van der Waals surface area contributed by atoms with Crippen molar-refractivity contribution in [1.29, 1.82) is 0 Å². The number of aryl methyl sites for hydroxylation is 1. The van der Waals surface area contributed by atoms with Crippen LogP contribution in [0.5, 0.6) is 0 Å². The monoisotopic (exact) mass is 269 g/mol. The lowest BCUT2D eigenvalue weighted by Gasteiger charge is -2.40. The lowest BCUT2D eigenvalue weighted by molar-refractivity contribution is -0.157. The van der Waals surface area contributed by atoms with Crippen molar-refractivity contribution in [3.8, 4) is 0 Å². The van der Waals surface area contributed by atoms with E-state index in [0.717, 1.165) is 0 Å². The molecule has 106 valence electrons. The summed E-state index contributed by atoms with van der Waals surface area (Å²) >= 11 is 0. The molecular formula is C12H19N3O4. The molecule has 0 unspecified atom stereocenters. The van der Waals surface area contributed by atoms with Gasteiger partial charge in [0.1, 0.15) is 12.7 Å². The zero-order valence-corrected chi connectivity index (χ0v) is 11.4. The molecular weight excluding hydrogens is 250 g/mol. The molecule has 0 radical (unpaired) electrons. The molecule has 0 spiro atoms. The minimum absolute atomic E-state index is 0.0319. The number of hydrogen-bond donors (Lipinski definition) is 1. The van der Waals surface area contributed by atoms with Gasteiger partial charge in [0.2, 0.25) is 11.8 Å². The molecule has 1 aromatic heterocycles. The van der Waals surface area contributed by atoms with Crippen LogP contribution in [0.1, 0.15) is 25.6 Å². The third kappa shape index (κ3) is 3.30. The first-order valence-electron chi connectivity index (χ1n) is 6.34. The predicted octanol–water partition coefficient (Wildman–Crippen LogP) is 0.122. The van der Waals surface area contributed by atoms with E-state index in [1.54, 1.807) is 11.8 Å². The van der Waals surface area contributed by atoms with Crippen LogP contribution in [0.15, 0.2) is 4.42 Å². The van der Waals surface area contributed by atoms with Crippen LogP contribution >= 0.6 is 0 Å². The highest BCUT2D eigenvalue weighted by molar-refractivity contribution is 5.81. The predicted molar refractivity (Wildman–Crippen MR) is 65.0 cm³/mol. The number of likely N-dealkylation sites (tertiary alicyclic amines) is 1. The van der Waals surface area contributed by atoms with Gasteiger partial charge in [-0.3, -0.25) is 4.79 Å². The van der Waals surface area contributed by atoms with Gasteiger partial charge in [-0.15, -0.1) is 10.2 Å². The summed E-state index contributed by atoms with van der Waals surface area (Å²) in [4.78, 5) is 13.4. The van der Waals surface area contributed by atoms with Crippen molar-refractivity contribution in [2.24, 2.45) is 5.92 Å². The van der Waals surface area contributed by atoms with Crippen LogP contribution in [0.2, 0.25) is 0 Å². The van der Waals surface area contributed by atoms with E-state index in [0.29, 0.717) is 24.9 Å². The van der Waals surface area contributed by atoms with E-state index in [-0.39, 0.29) is 24.5 Å². The van der Waals surface area contributed by atoms with Crippen LogP contribution in [0.4, 0.5) is 0 Å². The summed E-state index contributed by atoms with van der Waals surface area (Å²) in [6.45, 7) is 6.59. The summed E-state index contributed by atoms with van der Waals surface area (Å²) in [5.41, 5.74) is 0. The third-order valence-electron chi connectivity index (χ3n) is 3.05. The van der Waals surface area contributed by atoms with Crippen LogP contribution < -0.4 is 0 Å². The number of rotatable bonds is 5. The van der Waals surface area contributed by atoms with Gasteiger partial charge >= 0.3 is 0 Å². The fourth-order valence-corrected chi connectivity index (χ4v) is 1.78. The van der Waals surface area contributed by atoms with Gasteiger partial charge in [0.15, 0.2) is 0 Å². The van der Waals surface area contributed by atoms with Gasteiger partial charge in [-0.25, -0.2) is 0 Å². The van der Waals surface area contributed by atoms with Gasteiger partial charge < -0.3 is 19.2 Å². The molecule has 7 heteroatoms. The molecule has 1 aliphatic heterocycles. The average molecular weight is 269 g/mol. The minimum Gasteiger partial charge on any atom is -0.423 e. The van der Waals surface area contributed by atoms with Gasteiger partial charge in [0, 0.05) is 20.0 Å². The van der Waals surface area contributed by atoms with Gasteiger partial charge in [-0.05, 0) is 5.92 Å². The Morgan fingerprint density at radius 2 is 2.21 bits per heavy atom. The summed E-state index contributed by atoms with van der Waals surface area (Å²) in [7, 11) is 0. The molecule has 1 aromatic rings. The maximum atomic E-state index is 11.8. The summed E-state index contributed by atoms with van der Waals surface area (Å²) in [5, 5.41) is 17.2. The summed E-state index contributed by atoms with van der Waals surface area (Å²) in [6.07, 6.45) is -0.963. The molecule has 2 rings (SSSR count). The Balaban J connectivity index is 1.70. The molecule has 1 fully saturated rings. The Labute approximate surface area is 111 Å². The van der Waals surface area contributed by atoms with Crippen LogP contribution in [0.25, 0.3) is 0 Å². The topological polar surface area (TPSA) is 88.7 Å². The van der Waals surface area contributed by atoms with E-state index in [2.05, 4.69) is 10.2 Å². The molecule has 7 nitrogen and oxygen atoms in total. The van der Waals surface area contributed by atoms with E-state index < -0.39 is 6.10 Å². The average Bonchev–Trinajstić information content (AvgIpc) is 2.71. The second-order valence-corrected chi connectivity index (χ2v) is 5.08. The van der Waals surface area contributed by atoms with Gasteiger partial charge in [-0.2, -0.15) is 0 Å². The standard InChI is InChI=1S/C12H19N3O4/c1-7(2)11(16)12(17)15-4-9(5-15)18-6-10-14-13-8(3)19-10/h7,9,11,16H,4-6H2,1-3H3/t11-/m0/s1. The number of hydrogen-bond acceptors (Lipinski definition) is 6. The number of nitrogens with zero attached hydrogens (tertiary/aromatic N) is 3. The Kier molecular flexibility index (Phi) is 4.16. The highest BCUT2D eigenvalue weighted by Crippen LogP contribution is 2.17. The number of carbonyl (C=O) groups is 1. The van der Waals surface area contributed by atoms with E-state index in [1.807, 2.05) is 13.8 Å². The molecule has 19 heavy (non-hydrogen) atoms. The number of aliphatic hydroxyl groups is 1. The van der Waals surface area contributed by atoms with E-state index in [9.17, 15) is 9.90 Å². The first kappa shape index (κ1) is 14.0. The lowest BCUT2D eigenvalue weighted by atomic mass is 10.0. The minimum atomic E-state index is -0.931. The molecule has 1 saturated heterocycles. The van der Waals surface area contributed by atoms with Crippen molar-refractivity contribution in [2.45, 2.75) is 39.6 Å². The third-order valence-corrected chi connectivity index (χ3v) is 3.05. The molecule has 0 aliphatic carbocycles. The smallest absolute Gasteiger partial charge is 0.251 e. The number of aliphatic hydroxyl groups excluding tert-OH is 1. The maximum absolute atomic E-state index is 11.8. The van der Waals surface area contributed by atoms with Gasteiger partial charge in [-0.1, -0.05) is 13.8 Å². The van der Waals surface area contributed by atoms with Gasteiger partial charge in [0.25, 0.3) is 5.91 Å². The van der Waals surface area contributed by atoms with Crippen molar-refractivity contribution < 1.29 is 19.1 Å². The number of ether oxygens (including phenoxy) is 1. The Morgan fingerprint density at radius 3 is 2.74 bits per heavy atom. The summed E-state index contributed by atoms with van der Waals surface area (Å²) in [5.74, 6) is 0.630. The molecule has 2 heterocycles. The van der Waals surface area contributed by atoms with Crippen LogP contribution in [0, 0.1) is 12.8 Å². The zero-order chi connectivity index (χ0) is 14.0. The van der Waals surface area contributed by atoms with Gasteiger partial charge in [0.05, 0.1) is 6.10 Å². The van der Waals surface area contributed by atoms with Crippen molar-refractivity contribution >= 4 is 5.91 Å². The molecule has 1 N–H and O–H groups in total. The Bertz CT molecular complexity index is 440. The highest BCUT2D eigenvalue weighted by Gasteiger charge is 2.35. The summed E-state index contributed by atoms with van der Waals surface area (Å²) in [6, 6.07) is 0. The molecule has 0 bridgehead atoms.